The van der Waals surface area contributed by atoms with Gasteiger partial charge in [0.15, 0.2) is 0 Å². The molecule has 1 aromatic carbocycles. The normalized spacial score (nSPS) is 26.8. The summed E-state index contributed by atoms with van der Waals surface area (Å²) in [5.74, 6) is 2.65. The van der Waals surface area contributed by atoms with E-state index in [-0.39, 0.29) is 35.5 Å². The maximum absolute atomic E-state index is 13.5. The topological polar surface area (TPSA) is 79.3 Å². The van der Waals surface area contributed by atoms with Crippen LogP contribution in [0.2, 0.25) is 0 Å². The lowest BCUT2D eigenvalue weighted by molar-refractivity contribution is -0.117. The van der Waals surface area contributed by atoms with E-state index >= 15 is 0 Å². The van der Waals surface area contributed by atoms with E-state index in [2.05, 4.69) is 31.4 Å². The molecule has 0 atom stereocenters. The Hall–Kier alpha value is -2.83. The van der Waals surface area contributed by atoms with Gasteiger partial charge >= 0.3 is 6.03 Å². The lowest BCUT2D eigenvalue weighted by atomic mass is 9.53. The van der Waals surface area contributed by atoms with Crippen LogP contribution < -0.4 is 10.6 Å². The second kappa shape index (κ2) is 9.24. The van der Waals surface area contributed by atoms with Crippen LogP contribution in [0.25, 0.3) is 5.69 Å². The average Bonchev–Trinajstić information content (AvgIpc) is 3.21. The van der Waals surface area contributed by atoms with E-state index in [4.69, 9.17) is 5.10 Å². The molecule has 4 aliphatic carbocycles. The van der Waals surface area contributed by atoms with Crippen molar-refractivity contribution in [3.63, 3.8) is 0 Å². The maximum Gasteiger partial charge on any atom is 0.318 e. The molecule has 4 saturated carbocycles. The number of hydrogen-bond acceptors (Lipinski definition) is 3. The number of urea groups is 1. The highest BCUT2D eigenvalue weighted by molar-refractivity contribution is 5.94. The lowest BCUT2D eigenvalue weighted by Gasteiger charge is -2.57. The van der Waals surface area contributed by atoms with Crippen molar-refractivity contribution in [1.82, 2.24) is 20.0 Å². The minimum atomic E-state index is -0.220. The fourth-order valence-corrected chi connectivity index (χ4v) is 6.99. The van der Waals surface area contributed by atoms with E-state index in [9.17, 15) is 9.59 Å². The van der Waals surface area contributed by atoms with Crippen LogP contribution in [0.4, 0.5) is 10.6 Å². The third kappa shape index (κ3) is 5.02. The molecule has 6 rings (SSSR count). The third-order valence-corrected chi connectivity index (χ3v) is 8.35. The Balaban J connectivity index is 1.30. The first-order valence-corrected chi connectivity index (χ1v) is 13.6. The number of aromatic nitrogens is 2. The van der Waals surface area contributed by atoms with E-state index in [1.165, 1.54) is 19.3 Å². The van der Waals surface area contributed by atoms with Gasteiger partial charge in [0, 0.05) is 23.1 Å². The number of amides is 3. The van der Waals surface area contributed by atoms with Crippen molar-refractivity contribution in [2.24, 2.45) is 17.8 Å². The fraction of sp³-hybridized carbons (Fsp3) is 0.621. The smallest absolute Gasteiger partial charge is 0.318 e. The van der Waals surface area contributed by atoms with Gasteiger partial charge in [-0.25, -0.2) is 9.48 Å². The van der Waals surface area contributed by atoms with Crippen LogP contribution in [0.3, 0.4) is 0 Å². The van der Waals surface area contributed by atoms with Crippen LogP contribution in [-0.2, 0) is 10.2 Å². The Bertz CT molecular complexity index is 1080. The second-order valence-corrected chi connectivity index (χ2v) is 12.8. The van der Waals surface area contributed by atoms with Crippen molar-refractivity contribution in [1.29, 1.82) is 0 Å². The molecule has 7 heteroatoms. The number of carbonyl (C=O) groups excluding carboxylic acids is 2. The molecule has 36 heavy (non-hydrogen) atoms. The fourth-order valence-electron chi connectivity index (χ4n) is 6.99. The Labute approximate surface area is 215 Å². The van der Waals surface area contributed by atoms with Gasteiger partial charge in [0.2, 0.25) is 5.91 Å². The van der Waals surface area contributed by atoms with Crippen LogP contribution in [0.5, 0.6) is 0 Å². The Morgan fingerprint density at radius 1 is 1.06 bits per heavy atom. The van der Waals surface area contributed by atoms with Gasteiger partial charge in [-0.2, -0.15) is 5.10 Å². The molecule has 0 unspecified atom stereocenters. The minimum absolute atomic E-state index is 0.000681. The molecule has 4 aliphatic rings. The summed E-state index contributed by atoms with van der Waals surface area (Å²) >= 11 is 0. The number of nitrogens with zero attached hydrogens (tertiary/aromatic N) is 3. The van der Waals surface area contributed by atoms with Gasteiger partial charge in [-0.15, -0.1) is 0 Å². The van der Waals surface area contributed by atoms with Crippen molar-refractivity contribution in [3.8, 4) is 5.69 Å². The Morgan fingerprint density at radius 2 is 1.64 bits per heavy atom. The highest BCUT2D eigenvalue weighted by Crippen LogP contribution is 2.55. The highest BCUT2D eigenvalue weighted by atomic mass is 16.2. The highest BCUT2D eigenvalue weighted by Gasteiger charge is 2.52. The number of carbonyl (C=O) groups is 2. The summed E-state index contributed by atoms with van der Waals surface area (Å²) in [4.78, 5) is 28.4. The van der Waals surface area contributed by atoms with Gasteiger partial charge in [-0.05, 0) is 82.3 Å². The van der Waals surface area contributed by atoms with Crippen molar-refractivity contribution in [3.05, 3.63) is 42.1 Å². The summed E-state index contributed by atoms with van der Waals surface area (Å²) < 4.78 is 1.77. The largest absolute Gasteiger partial charge is 0.333 e. The van der Waals surface area contributed by atoms with Gasteiger partial charge in [0.1, 0.15) is 12.4 Å². The summed E-state index contributed by atoms with van der Waals surface area (Å²) in [7, 11) is 0. The van der Waals surface area contributed by atoms with Crippen molar-refractivity contribution >= 4 is 17.8 Å². The molecular weight excluding hydrogens is 450 g/mol. The van der Waals surface area contributed by atoms with E-state index in [0.717, 1.165) is 48.4 Å². The molecule has 0 spiro atoms. The average molecular weight is 492 g/mol. The number of para-hydroxylation sites is 1. The number of benzene rings is 1. The number of hydrogen-bond donors (Lipinski definition) is 2. The molecular formula is C29H41N5O2. The monoisotopic (exact) mass is 491 g/mol. The zero-order valence-corrected chi connectivity index (χ0v) is 22.4. The summed E-state index contributed by atoms with van der Waals surface area (Å²) in [5.41, 5.74) is 1.52. The first-order valence-electron chi connectivity index (χ1n) is 13.6. The van der Waals surface area contributed by atoms with Crippen LogP contribution in [-0.4, -0.2) is 44.7 Å². The van der Waals surface area contributed by atoms with Gasteiger partial charge < -0.3 is 15.5 Å². The molecule has 1 heterocycles. The van der Waals surface area contributed by atoms with Gasteiger partial charge in [0.05, 0.1) is 11.4 Å². The van der Waals surface area contributed by atoms with Gasteiger partial charge in [-0.3, -0.25) is 4.79 Å². The number of nitrogens with one attached hydrogen (secondary N) is 2. The van der Waals surface area contributed by atoms with Gasteiger partial charge in [0.25, 0.3) is 0 Å². The number of anilines is 1. The zero-order chi connectivity index (χ0) is 25.7. The molecule has 2 N–H and O–H groups in total. The number of rotatable bonds is 6. The zero-order valence-electron chi connectivity index (χ0n) is 22.4. The molecule has 7 nitrogen and oxygen atoms in total. The molecule has 4 fully saturated rings. The molecule has 2 aromatic rings. The van der Waals surface area contributed by atoms with Crippen molar-refractivity contribution < 1.29 is 9.59 Å². The molecule has 0 aliphatic heterocycles. The first kappa shape index (κ1) is 24.8. The summed E-state index contributed by atoms with van der Waals surface area (Å²) in [6.45, 7) is 10.3. The Morgan fingerprint density at radius 3 is 2.17 bits per heavy atom. The van der Waals surface area contributed by atoms with Crippen LogP contribution in [0, 0.1) is 17.8 Å². The predicted octanol–water partition coefficient (Wildman–Crippen LogP) is 5.50. The minimum Gasteiger partial charge on any atom is -0.333 e. The quantitative estimate of drug-likeness (QED) is 0.560. The van der Waals surface area contributed by atoms with Gasteiger partial charge in [-0.1, -0.05) is 39.0 Å². The SMILES string of the molecule is CC(C)N(CC(=O)Nc1cc(C(C)(C)C)nn1-c1ccccc1)C(=O)NC12CC3CC(CC(C3)C1)C2. The van der Waals surface area contributed by atoms with Crippen LogP contribution >= 0.6 is 0 Å². The molecule has 4 bridgehead atoms. The molecule has 0 radical (unpaired) electrons. The molecule has 1 aromatic heterocycles. The second-order valence-electron chi connectivity index (χ2n) is 12.8. The van der Waals surface area contributed by atoms with Crippen molar-refractivity contribution in [2.75, 3.05) is 11.9 Å². The van der Waals surface area contributed by atoms with E-state index < -0.39 is 0 Å². The maximum atomic E-state index is 13.5. The first-order chi connectivity index (χ1) is 17.0. The molecule has 0 saturated heterocycles. The molecule has 3 amide bonds. The summed E-state index contributed by atoms with van der Waals surface area (Å²) in [5, 5.41) is 11.3. The summed E-state index contributed by atoms with van der Waals surface area (Å²) in [6, 6.07) is 11.5. The van der Waals surface area contributed by atoms with Crippen LogP contribution in [0.15, 0.2) is 36.4 Å². The predicted molar refractivity (Wildman–Crippen MR) is 142 cm³/mol. The standard InChI is InChI=1S/C29H41N5O2/c1-19(2)33(27(36)31-29-15-20-11-21(16-29)13-22(12-20)17-29)18-26(35)30-25-14-24(28(3,4)5)32-34(25)23-9-7-6-8-10-23/h6-10,14,19-22H,11-13,15-18H2,1-5H3,(H,30,35)(H,31,36). The summed E-state index contributed by atoms with van der Waals surface area (Å²) in [6.07, 6.45) is 7.27. The Kier molecular flexibility index (Phi) is 6.38. The van der Waals surface area contributed by atoms with Crippen LogP contribution in [0.1, 0.15) is 78.8 Å². The van der Waals surface area contributed by atoms with Crippen molar-refractivity contribution in [2.45, 2.75) is 90.1 Å². The van der Waals surface area contributed by atoms with E-state index in [1.54, 1.807) is 9.58 Å². The molecule has 194 valence electrons. The third-order valence-electron chi connectivity index (χ3n) is 8.35. The van der Waals surface area contributed by atoms with E-state index in [1.807, 2.05) is 50.2 Å². The lowest BCUT2D eigenvalue weighted by Crippen LogP contribution is -2.62. The van der Waals surface area contributed by atoms with E-state index in [0.29, 0.717) is 5.82 Å².